The van der Waals surface area contributed by atoms with Crippen molar-refractivity contribution < 1.29 is 12.8 Å². The van der Waals surface area contributed by atoms with E-state index >= 15 is 0 Å². The van der Waals surface area contributed by atoms with Crippen molar-refractivity contribution in [3.63, 3.8) is 0 Å². The molecule has 0 atom stereocenters. The van der Waals surface area contributed by atoms with E-state index in [1.165, 1.54) is 6.07 Å². The zero-order valence-corrected chi connectivity index (χ0v) is 13.5. The van der Waals surface area contributed by atoms with Gasteiger partial charge in [-0.3, -0.25) is 4.72 Å². The summed E-state index contributed by atoms with van der Waals surface area (Å²) in [7, 11) is -3.69. The summed E-state index contributed by atoms with van der Waals surface area (Å²) in [5.74, 6) is 0.763. The van der Waals surface area contributed by atoms with Crippen LogP contribution in [0.4, 0.5) is 5.69 Å². The predicted octanol–water partition coefficient (Wildman–Crippen LogP) is 2.92. The molecule has 0 radical (unpaired) electrons. The molecule has 0 aliphatic rings. The van der Waals surface area contributed by atoms with Crippen LogP contribution in [0, 0.1) is 13.8 Å². The minimum atomic E-state index is -3.69. The number of aryl methyl sites for hydroxylation is 2. The smallest absolute Gasteiger partial charge is 0.265 e. The molecule has 1 heterocycles. The number of nitrogens with two attached hydrogens (primary N) is 1. The summed E-state index contributed by atoms with van der Waals surface area (Å²) < 4.78 is 33.4. The molecule has 0 amide bonds. The average Bonchev–Trinajstić information content (AvgIpc) is 2.76. The number of anilines is 1. The van der Waals surface area contributed by atoms with E-state index in [0.717, 1.165) is 10.0 Å². The van der Waals surface area contributed by atoms with Gasteiger partial charge in [-0.05, 0) is 31.5 Å². The third-order valence-electron chi connectivity index (χ3n) is 2.86. The molecule has 2 aromatic rings. The summed E-state index contributed by atoms with van der Waals surface area (Å²) in [6.07, 6.45) is 0. The Hall–Kier alpha value is -1.31. The van der Waals surface area contributed by atoms with Crippen molar-refractivity contribution in [1.82, 2.24) is 0 Å². The molecule has 7 heteroatoms. The van der Waals surface area contributed by atoms with Gasteiger partial charge in [0.1, 0.15) is 16.4 Å². The molecule has 2 rings (SSSR count). The lowest BCUT2D eigenvalue weighted by Gasteiger charge is -2.10. The average molecular weight is 359 g/mol. The van der Waals surface area contributed by atoms with Gasteiger partial charge in [0.25, 0.3) is 10.0 Å². The van der Waals surface area contributed by atoms with Gasteiger partial charge in [0, 0.05) is 10.5 Å². The van der Waals surface area contributed by atoms with Crippen LogP contribution in [0.3, 0.4) is 0 Å². The maximum absolute atomic E-state index is 12.4. The largest absolute Gasteiger partial charge is 0.464 e. The number of rotatable bonds is 4. The molecule has 1 aromatic carbocycles. The van der Waals surface area contributed by atoms with Crippen molar-refractivity contribution in [2.45, 2.75) is 25.3 Å². The van der Waals surface area contributed by atoms with Crippen LogP contribution in [-0.2, 0) is 16.6 Å². The fourth-order valence-electron chi connectivity index (χ4n) is 1.80. The standard InChI is InChI=1S/C13H15BrN2O3S/c1-8-3-4-10(14)5-12(8)16-20(17,18)13-6-11(7-15)19-9(13)2/h3-6,16H,7,15H2,1-2H3. The van der Waals surface area contributed by atoms with Crippen LogP contribution in [-0.4, -0.2) is 8.42 Å². The topological polar surface area (TPSA) is 85.3 Å². The Morgan fingerprint density at radius 2 is 2.00 bits per heavy atom. The third-order valence-corrected chi connectivity index (χ3v) is 4.82. The van der Waals surface area contributed by atoms with Gasteiger partial charge in [0.05, 0.1) is 12.2 Å². The fraction of sp³-hybridized carbons (Fsp3) is 0.231. The zero-order chi connectivity index (χ0) is 14.9. The number of hydrogen-bond acceptors (Lipinski definition) is 4. The van der Waals surface area contributed by atoms with Crippen molar-refractivity contribution in [1.29, 1.82) is 0 Å². The summed E-state index contributed by atoms with van der Waals surface area (Å²) in [5.41, 5.74) is 6.81. The van der Waals surface area contributed by atoms with Gasteiger partial charge in [-0.25, -0.2) is 8.42 Å². The first kappa shape index (κ1) is 15.1. The maximum Gasteiger partial charge on any atom is 0.265 e. The second-order valence-electron chi connectivity index (χ2n) is 4.40. The molecule has 0 fully saturated rings. The third kappa shape index (κ3) is 3.05. The molecular weight excluding hydrogens is 344 g/mol. The highest BCUT2D eigenvalue weighted by molar-refractivity contribution is 9.10. The lowest BCUT2D eigenvalue weighted by molar-refractivity contribution is 0.479. The number of sulfonamides is 1. The molecular formula is C13H15BrN2O3S. The molecule has 108 valence electrons. The number of benzene rings is 1. The van der Waals surface area contributed by atoms with Crippen LogP contribution in [0.25, 0.3) is 0 Å². The second-order valence-corrected chi connectivity index (χ2v) is 6.97. The predicted molar refractivity (Wildman–Crippen MR) is 81.0 cm³/mol. The van der Waals surface area contributed by atoms with E-state index in [-0.39, 0.29) is 11.4 Å². The van der Waals surface area contributed by atoms with Crippen LogP contribution in [0.15, 0.2) is 38.1 Å². The van der Waals surface area contributed by atoms with Crippen molar-refractivity contribution in [3.8, 4) is 0 Å². The molecule has 0 unspecified atom stereocenters. The molecule has 1 aromatic heterocycles. The van der Waals surface area contributed by atoms with Crippen LogP contribution < -0.4 is 10.5 Å². The van der Waals surface area contributed by atoms with Crippen molar-refractivity contribution in [2.24, 2.45) is 5.73 Å². The second kappa shape index (κ2) is 5.59. The van der Waals surface area contributed by atoms with Gasteiger partial charge in [-0.2, -0.15) is 0 Å². The minimum Gasteiger partial charge on any atom is -0.464 e. The summed E-state index contributed by atoms with van der Waals surface area (Å²) in [6, 6.07) is 6.84. The Kier molecular flexibility index (Phi) is 4.22. The molecule has 0 spiro atoms. The molecule has 0 aliphatic carbocycles. The Labute approximate surface area is 126 Å². The van der Waals surface area contributed by atoms with E-state index in [1.807, 2.05) is 19.1 Å². The van der Waals surface area contributed by atoms with E-state index in [4.69, 9.17) is 10.2 Å². The van der Waals surface area contributed by atoms with E-state index < -0.39 is 10.0 Å². The van der Waals surface area contributed by atoms with Gasteiger partial charge in [-0.1, -0.05) is 22.0 Å². The van der Waals surface area contributed by atoms with Gasteiger partial charge in [0.2, 0.25) is 0 Å². The molecule has 0 saturated carbocycles. The molecule has 0 aliphatic heterocycles. The highest BCUT2D eigenvalue weighted by Crippen LogP contribution is 2.26. The van der Waals surface area contributed by atoms with Gasteiger partial charge < -0.3 is 10.2 Å². The van der Waals surface area contributed by atoms with Crippen molar-refractivity contribution in [3.05, 3.63) is 45.8 Å². The first-order valence-electron chi connectivity index (χ1n) is 5.92. The Balaban J connectivity index is 2.40. The molecule has 0 bridgehead atoms. The first-order valence-corrected chi connectivity index (χ1v) is 8.19. The maximum atomic E-state index is 12.4. The minimum absolute atomic E-state index is 0.109. The summed E-state index contributed by atoms with van der Waals surface area (Å²) >= 11 is 3.32. The quantitative estimate of drug-likeness (QED) is 0.879. The highest BCUT2D eigenvalue weighted by Gasteiger charge is 2.21. The fourth-order valence-corrected chi connectivity index (χ4v) is 3.48. The lowest BCUT2D eigenvalue weighted by Crippen LogP contribution is -2.14. The summed E-state index contributed by atoms with van der Waals surface area (Å²) in [4.78, 5) is 0.109. The molecule has 0 saturated heterocycles. The molecule has 5 nitrogen and oxygen atoms in total. The lowest BCUT2D eigenvalue weighted by atomic mass is 10.2. The van der Waals surface area contributed by atoms with Gasteiger partial charge in [-0.15, -0.1) is 0 Å². The monoisotopic (exact) mass is 358 g/mol. The number of halogens is 1. The first-order chi connectivity index (χ1) is 9.33. The normalized spacial score (nSPS) is 11.6. The van der Waals surface area contributed by atoms with E-state index in [2.05, 4.69) is 20.7 Å². The van der Waals surface area contributed by atoms with Crippen LogP contribution in [0.2, 0.25) is 0 Å². The van der Waals surface area contributed by atoms with Crippen LogP contribution in [0.5, 0.6) is 0 Å². The van der Waals surface area contributed by atoms with Gasteiger partial charge >= 0.3 is 0 Å². The van der Waals surface area contributed by atoms with Crippen LogP contribution >= 0.6 is 15.9 Å². The summed E-state index contributed by atoms with van der Waals surface area (Å²) in [6.45, 7) is 3.59. The van der Waals surface area contributed by atoms with E-state index in [9.17, 15) is 8.42 Å². The number of hydrogen-bond donors (Lipinski definition) is 2. The molecule has 20 heavy (non-hydrogen) atoms. The SMILES string of the molecule is Cc1ccc(Br)cc1NS(=O)(=O)c1cc(CN)oc1C. The Bertz CT molecular complexity index is 738. The van der Waals surface area contributed by atoms with Gasteiger partial charge in [0.15, 0.2) is 0 Å². The number of furan rings is 1. The molecule has 3 N–H and O–H groups in total. The Morgan fingerprint density at radius 3 is 2.60 bits per heavy atom. The highest BCUT2D eigenvalue weighted by atomic mass is 79.9. The van der Waals surface area contributed by atoms with E-state index in [0.29, 0.717) is 17.2 Å². The van der Waals surface area contributed by atoms with E-state index in [1.54, 1.807) is 13.0 Å². The Morgan fingerprint density at radius 1 is 1.30 bits per heavy atom. The van der Waals surface area contributed by atoms with Crippen LogP contribution in [0.1, 0.15) is 17.1 Å². The van der Waals surface area contributed by atoms with Crippen molar-refractivity contribution in [2.75, 3.05) is 4.72 Å². The zero-order valence-electron chi connectivity index (χ0n) is 11.1. The number of nitrogens with one attached hydrogen (secondary N) is 1. The van der Waals surface area contributed by atoms with Crippen molar-refractivity contribution >= 4 is 31.6 Å². The summed E-state index contributed by atoms with van der Waals surface area (Å²) in [5, 5.41) is 0.